The highest BCUT2D eigenvalue weighted by Crippen LogP contribution is 2.29. The summed E-state index contributed by atoms with van der Waals surface area (Å²) in [5.74, 6) is -0.0487. The number of benzene rings is 1. The van der Waals surface area contributed by atoms with Gasteiger partial charge in [-0.1, -0.05) is 0 Å². The van der Waals surface area contributed by atoms with Crippen molar-refractivity contribution >= 4 is 21.6 Å². The Hall–Kier alpha value is -1.64. The topological polar surface area (TPSA) is 111 Å². The number of anilines is 1. The van der Waals surface area contributed by atoms with Crippen molar-refractivity contribution in [2.75, 3.05) is 12.4 Å². The lowest BCUT2D eigenvalue weighted by Crippen LogP contribution is -2.32. The maximum absolute atomic E-state index is 12.2. The first-order chi connectivity index (χ1) is 9.83. The molecule has 1 saturated carbocycles. The molecule has 1 fully saturated rings. The Kier molecular flexibility index (Phi) is 4.50. The molecule has 0 bridgehead atoms. The summed E-state index contributed by atoms with van der Waals surface area (Å²) < 4.78 is 32.0. The van der Waals surface area contributed by atoms with Gasteiger partial charge in [-0.25, -0.2) is 13.1 Å². The Morgan fingerprint density at radius 3 is 2.62 bits per heavy atom. The monoisotopic (exact) mass is 313 g/mol. The minimum absolute atomic E-state index is 0.0132. The third-order valence-corrected chi connectivity index (χ3v) is 4.57. The van der Waals surface area contributed by atoms with Crippen LogP contribution in [0.2, 0.25) is 0 Å². The third kappa shape index (κ3) is 3.93. The molecule has 1 aromatic carbocycles. The van der Waals surface area contributed by atoms with Gasteiger partial charge in [0, 0.05) is 6.04 Å². The molecule has 0 radical (unpaired) electrons. The molecule has 0 aliphatic heterocycles. The zero-order valence-electron chi connectivity index (χ0n) is 11.9. The van der Waals surface area contributed by atoms with Gasteiger partial charge in [-0.15, -0.1) is 0 Å². The molecule has 1 amide bonds. The molecule has 116 valence electrons. The van der Waals surface area contributed by atoms with Crippen LogP contribution in [0.1, 0.15) is 19.8 Å². The van der Waals surface area contributed by atoms with Crippen LogP contribution in [-0.2, 0) is 14.8 Å². The lowest BCUT2D eigenvalue weighted by Gasteiger charge is -2.14. The second kappa shape index (κ2) is 6.00. The maximum atomic E-state index is 12.2. The number of hydrogen-bond acceptors (Lipinski definition) is 5. The van der Waals surface area contributed by atoms with Crippen molar-refractivity contribution in [1.29, 1.82) is 0 Å². The molecule has 0 saturated heterocycles. The first-order valence-corrected chi connectivity index (χ1v) is 8.08. The normalized spacial score (nSPS) is 16.3. The molecule has 0 heterocycles. The molecule has 4 N–H and O–H groups in total. The molecule has 21 heavy (non-hydrogen) atoms. The van der Waals surface area contributed by atoms with Crippen molar-refractivity contribution in [3.63, 3.8) is 0 Å². The largest absolute Gasteiger partial charge is 0.495 e. The number of rotatable bonds is 6. The van der Waals surface area contributed by atoms with Crippen molar-refractivity contribution in [2.24, 2.45) is 5.73 Å². The Balaban J connectivity index is 2.30. The standard InChI is InChI=1S/C13H19N3O4S/c1-8(14)13(17)15-11-7-10(5-6-12(11)20-2)21(18,19)16-9-3-4-9/h5-9,16H,3-4,14H2,1-2H3,(H,15,17)/t8-/m0/s1. The van der Waals surface area contributed by atoms with E-state index in [1.165, 1.54) is 32.2 Å². The van der Waals surface area contributed by atoms with Crippen LogP contribution in [0.25, 0.3) is 0 Å². The highest BCUT2D eigenvalue weighted by atomic mass is 32.2. The molecule has 1 aliphatic carbocycles. The van der Waals surface area contributed by atoms with E-state index in [1.807, 2.05) is 0 Å². The smallest absolute Gasteiger partial charge is 0.241 e. The second-order valence-electron chi connectivity index (χ2n) is 5.04. The molecule has 7 nitrogen and oxygen atoms in total. The number of methoxy groups -OCH3 is 1. The van der Waals surface area contributed by atoms with Crippen molar-refractivity contribution in [3.05, 3.63) is 18.2 Å². The van der Waals surface area contributed by atoms with Crippen LogP contribution in [0.5, 0.6) is 5.75 Å². The van der Waals surface area contributed by atoms with Crippen LogP contribution in [0.4, 0.5) is 5.69 Å². The minimum atomic E-state index is -3.59. The zero-order chi connectivity index (χ0) is 15.6. The number of carbonyl (C=O) groups is 1. The van der Waals surface area contributed by atoms with E-state index in [0.717, 1.165) is 12.8 Å². The molecule has 1 aromatic rings. The summed E-state index contributed by atoms with van der Waals surface area (Å²) in [7, 11) is -2.15. The van der Waals surface area contributed by atoms with Gasteiger partial charge in [-0.2, -0.15) is 0 Å². The molecular formula is C13H19N3O4S. The lowest BCUT2D eigenvalue weighted by atomic mass is 10.2. The Bertz CT molecular complexity index is 639. The SMILES string of the molecule is COc1ccc(S(=O)(=O)NC2CC2)cc1NC(=O)[C@H](C)N. The molecule has 1 aliphatic rings. The number of sulfonamides is 1. The van der Waals surface area contributed by atoms with Gasteiger partial charge in [-0.05, 0) is 38.0 Å². The number of amides is 1. The molecule has 0 unspecified atom stereocenters. The van der Waals surface area contributed by atoms with Crippen LogP contribution in [0.3, 0.4) is 0 Å². The van der Waals surface area contributed by atoms with E-state index in [-0.39, 0.29) is 16.6 Å². The first-order valence-electron chi connectivity index (χ1n) is 6.60. The predicted octanol–water partition coefficient (Wildman–Crippen LogP) is 0.422. The molecule has 0 aromatic heterocycles. The zero-order valence-corrected chi connectivity index (χ0v) is 12.7. The van der Waals surface area contributed by atoms with E-state index in [1.54, 1.807) is 0 Å². The maximum Gasteiger partial charge on any atom is 0.241 e. The first kappa shape index (κ1) is 15.7. The number of nitrogens with one attached hydrogen (secondary N) is 2. The fourth-order valence-electron chi connectivity index (χ4n) is 1.69. The number of nitrogens with two attached hydrogens (primary N) is 1. The van der Waals surface area contributed by atoms with Crippen LogP contribution in [0, 0.1) is 0 Å². The van der Waals surface area contributed by atoms with Gasteiger partial charge >= 0.3 is 0 Å². The Labute approximate surface area is 123 Å². The van der Waals surface area contributed by atoms with Gasteiger partial charge in [0.05, 0.1) is 23.7 Å². The van der Waals surface area contributed by atoms with Crippen LogP contribution < -0.4 is 20.5 Å². The molecular weight excluding hydrogens is 294 g/mol. The molecule has 8 heteroatoms. The van der Waals surface area contributed by atoms with E-state index < -0.39 is 22.0 Å². The summed E-state index contributed by atoms with van der Waals surface area (Å²) in [5, 5.41) is 2.56. The van der Waals surface area contributed by atoms with Crippen LogP contribution >= 0.6 is 0 Å². The summed E-state index contributed by atoms with van der Waals surface area (Å²) in [4.78, 5) is 11.8. The lowest BCUT2D eigenvalue weighted by molar-refractivity contribution is -0.117. The molecule has 2 rings (SSSR count). The molecule has 0 spiro atoms. The van der Waals surface area contributed by atoms with Crippen LogP contribution in [-0.4, -0.2) is 33.5 Å². The van der Waals surface area contributed by atoms with E-state index in [9.17, 15) is 13.2 Å². The summed E-state index contributed by atoms with van der Waals surface area (Å²) in [6.07, 6.45) is 1.70. The van der Waals surface area contributed by atoms with E-state index >= 15 is 0 Å². The average Bonchev–Trinajstić information content (AvgIpc) is 3.21. The second-order valence-corrected chi connectivity index (χ2v) is 6.75. The fraction of sp³-hybridized carbons (Fsp3) is 0.462. The Morgan fingerprint density at radius 1 is 1.43 bits per heavy atom. The number of hydrogen-bond donors (Lipinski definition) is 3. The highest BCUT2D eigenvalue weighted by molar-refractivity contribution is 7.89. The van der Waals surface area contributed by atoms with Gasteiger partial charge in [0.1, 0.15) is 5.75 Å². The van der Waals surface area contributed by atoms with Gasteiger partial charge in [0.25, 0.3) is 0 Å². The summed E-state index contributed by atoms with van der Waals surface area (Å²) in [6.45, 7) is 1.54. The van der Waals surface area contributed by atoms with Crippen LogP contribution in [0.15, 0.2) is 23.1 Å². The Morgan fingerprint density at radius 2 is 2.10 bits per heavy atom. The number of carbonyl (C=O) groups excluding carboxylic acids is 1. The van der Waals surface area contributed by atoms with Crippen molar-refractivity contribution < 1.29 is 17.9 Å². The average molecular weight is 313 g/mol. The van der Waals surface area contributed by atoms with Crippen molar-refractivity contribution in [3.8, 4) is 5.75 Å². The number of ether oxygens (including phenoxy) is 1. The van der Waals surface area contributed by atoms with Crippen molar-refractivity contribution in [2.45, 2.75) is 36.7 Å². The summed E-state index contributed by atoms with van der Waals surface area (Å²) in [5.41, 5.74) is 5.77. The summed E-state index contributed by atoms with van der Waals surface area (Å²) >= 11 is 0. The predicted molar refractivity (Wildman–Crippen MR) is 78.6 cm³/mol. The minimum Gasteiger partial charge on any atom is -0.495 e. The third-order valence-electron chi connectivity index (χ3n) is 3.05. The summed E-state index contributed by atoms with van der Waals surface area (Å²) in [6, 6.07) is 3.60. The van der Waals surface area contributed by atoms with E-state index in [4.69, 9.17) is 10.5 Å². The van der Waals surface area contributed by atoms with Gasteiger partial charge < -0.3 is 15.8 Å². The molecule has 1 atom stereocenters. The fourth-order valence-corrected chi connectivity index (χ4v) is 3.02. The quantitative estimate of drug-likeness (QED) is 0.705. The van der Waals surface area contributed by atoms with E-state index in [0.29, 0.717) is 5.75 Å². The highest BCUT2D eigenvalue weighted by Gasteiger charge is 2.28. The van der Waals surface area contributed by atoms with Crippen molar-refractivity contribution in [1.82, 2.24) is 4.72 Å². The van der Waals surface area contributed by atoms with E-state index in [2.05, 4.69) is 10.0 Å². The van der Waals surface area contributed by atoms with Gasteiger partial charge in [0.15, 0.2) is 0 Å². The van der Waals surface area contributed by atoms with Gasteiger partial charge in [0.2, 0.25) is 15.9 Å². The van der Waals surface area contributed by atoms with Gasteiger partial charge in [-0.3, -0.25) is 4.79 Å².